The zero-order valence-electron chi connectivity index (χ0n) is 21.7. The number of para-hydroxylation sites is 2. The molecule has 0 amide bonds. The molecule has 1 aromatic carbocycles. The van der Waals surface area contributed by atoms with E-state index in [-0.39, 0.29) is 23.9 Å². The summed E-state index contributed by atoms with van der Waals surface area (Å²) in [5, 5.41) is 12.8. The zero-order chi connectivity index (χ0) is 25.5. The van der Waals surface area contributed by atoms with Gasteiger partial charge in [0, 0.05) is 24.2 Å². The monoisotopic (exact) mass is 506 g/mol. The van der Waals surface area contributed by atoms with Gasteiger partial charge in [-0.05, 0) is 75.8 Å². The molecule has 37 heavy (non-hydrogen) atoms. The van der Waals surface area contributed by atoms with E-state index in [0.29, 0.717) is 23.6 Å². The summed E-state index contributed by atoms with van der Waals surface area (Å²) in [4.78, 5) is 33.7. The summed E-state index contributed by atoms with van der Waals surface area (Å²) in [6, 6.07) is 9.19. The van der Waals surface area contributed by atoms with Crippen molar-refractivity contribution in [3.8, 4) is 0 Å². The number of hydrogen-bond acceptors (Lipinski definition) is 7. The molecule has 6 rings (SSSR count). The van der Waals surface area contributed by atoms with Crippen molar-refractivity contribution in [3.63, 3.8) is 0 Å². The van der Waals surface area contributed by atoms with Crippen molar-refractivity contribution in [1.29, 1.82) is 0 Å². The lowest BCUT2D eigenvalue weighted by molar-refractivity contribution is -0.135. The molecule has 1 N–H and O–H groups in total. The Morgan fingerprint density at radius 2 is 1.65 bits per heavy atom. The van der Waals surface area contributed by atoms with Gasteiger partial charge in [-0.25, -0.2) is 9.78 Å². The third-order valence-electron chi connectivity index (χ3n) is 9.49. The van der Waals surface area contributed by atoms with Gasteiger partial charge < -0.3 is 14.5 Å². The first-order valence-corrected chi connectivity index (χ1v) is 14.3. The van der Waals surface area contributed by atoms with E-state index < -0.39 is 11.7 Å². The molecule has 0 radical (unpaired) electrons. The van der Waals surface area contributed by atoms with Crippen molar-refractivity contribution in [2.75, 3.05) is 6.61 Å². The van der Waals surface area contributed by atoms with Crippen molar-refractivity contribution in [3.05, 3.63) is 40.3 Å². The first-order valence-electron chi connectivity index (χ1n) is 14.3. The Hall–Kier alpha value is -2.74. The van der Waals surface area contributed by atoms with E-state index >= 15 is 0 Å². The molecule has 8 nitrogen and oxygen atoms in total. The molecular formula is C29H38N4O4. The largest absolute Gasteiger partial charge is 0.461 e. The smallest absolute Gasteiger partial charge is 0.362 e. The van der Waals surface area contributed by atoms with E-state index in [1.165, 1.54) is 57.8 Å². The average molecular weight is 507 g/mol. The fourth-order valence-electron chi connectivity index (χ4n) is 8.16. The number of piperidine rings is 1. The Kier molecular flexibility index (Phi) is 6.78. The number of rotatable bonds is 5. The minimum atomic E-state index is -0.843. The Morgan fingerprint density at radius 1 is 0.973 bits per heavy atom. The van der Waals surface area contributed by atoms with Crippen molar-refractivity contribution < 1.29 is 14.7 Å². The van der Waals surface area contributed by atoms with Gasteiger partial charge in [0.2, 0.25) is 5.71 Å². The Morgan fingerprint density at radius 3 is 2.30 bits per heavy atom. The van der Waals surface area contributed by atoms with Crippen LogP contribution in [0.4, 0.5) is 0 Å². The second-order valence-corrected chi connectivity index (χ2v) is 11.6. The van der Waals surface area contributed by atoms with Gasteiger partial charge in [-0.15, -0.1) is 0 Å². The third-order valence-corrected chi connectivity index (χ3v) is 9.49. The maximum atomic E-state index is 13.9. The first-order chi connectivity index (χ1) is 18.1. The van der Waals surface area contributed by atoms with Gasteiger partial charge in [-0.2, -0.15) is 0 Å². The molecule has 3 heterocycles. The molecule has 4 aliphatic rings. The summed E-state index contributed by atoms with van der Waals surface area (Å²) in [5.41, 5.74) is 0.399. The maximum Gasteiger partial charge on any atom is 0.362 e. The Balaban J connectivity index is 1.33. The fourth-order valence-corrected chi connectivity index (χ4v) is 8.16. The lowest BCUT2D eigenvalue weighted by Gasteiger charge is -2.48. The van der Waals surface area contributed by atoms with Gasteiger partial charge >= 0.3 is 5.97 Å². The highest BCUT2D eigenvalue weighted by atomic mass is 16.5. The van der Waals surface area contributed by atoms with E-state index in [9.17, 15) is 14.8 Å². The van der Waals surface area contributed by atoms with E-state index in [1.807, 2.05) is 28.8 Å². The highest BCUT2D eigenvalue weighted by molar-refractivity contribution is 6.42. The molecule has 4 bridgehead atoms. The number of esters is 1. The third kappa shape index (κ3) is 4.47. The van der Waals surface area contributed by atoms with Gasteiger partial charge in [0.1, 0.15) is 0 Å². The quantitative estimate of drug-likeness (QED) is 0.274. The number of fused-ring (bicyclic) bond motifs is 5. The van der Waals surface area contributed by atoms with Crippen LogP contribution in [0, 0.1) is 11.8 Å². The lowest BCUT2D eigenvalue weighted by atomic mass is 9.76. The van der Waals surface area contributed by atoms with Crippen molar-refractivity contribution in [2.24, 2.45) is 17.0 Å². The molecule has 0 spiro atoms. The second-order valence-electron chi connectivity index (χ2n) is 11.6. The fraction of sp³-hybridized carbons (Fsp3) is 0.655. The molecule has 2 aliphatic carbocycles. The van der Waals surface area contributed by atoms with Crippen LogP contribution in [0.25, 0.3) is 11.0 Å². The molecule has 198 valence electrons. The summed E-state index contributed by atoms with van der Waals surface area (Å²) >= 11 is 0. The summed E-state index contributed by atoms with van der Waals surface area (Å²) in [5.74, 6) is 0.929. The summed E-state index contributed by atoms with van der Waals surface area (Å²) in [6.45, 7) is 1.79. The van der Waals surface area contributed by atoms with Gasteiger partial charge in [0.15, 0.2) is 5.69 Å². The first kappa shape index (κ1) is 24.6. The van der Waals surface area contributed by atoms with Crippen molar-refractivity contribution in [2.45, 2.75) is 102 Å². The predicted octanol–water partition coefficient (Wildman–Crippen LogP) is 4.66. The van der Waals surface area contributed by atoms with Gasteiger partial charge in [0.25, 0.3) is 5.56 Å². The van der Waals surface area contributed by atoms with Crippen molar-refractivity contribution >= 4 is 22.7 Å². The average Bonchev–Trinajstić information content (AvgIpc) is 3.05. The molecule has 8 heteroatoms. The van der Waals surface area contributed by atoms with Gasteiger partial charge in [-0.3, -0.25) is 9.69 Å². The molecule has 1 aromatic heterocycles. The number of oxime groups is 1. The molecule has 2 unspecified atom stereocenters. The topological polar surface area (TPSA) is 97.0 Å². The Bertz CT molecular complexity index is 1230. The van der Waals surface area contributed by atoms with Crippen LogP contribution in [0.1, 0.15) is 89.3 Å². The maximum absolute atomic E-state index is 13.9. The highest BCUT2D eigenvalue weighted by Crippen LogP contribution is 2.47. The number of carbonyl (C=O) groups is 1. The normalized spacial score (nSPS) is 32.3. The van der Waals surface area contributed by atoms with E-state index in [2.05, 4.69) is 15.0 Å². The Labute approximate surface area is 217 Å². The van der Waals surface area contributed by atoms with Crippen LogP contribution < -0.4 is 5.56 Å². The molecule has 2 saturated carbocycles. The zero-order valence-corrected chi connectivity index (χ0v) is 21.7. The summed E-state index contributed by atoms with van der Waals surface area (Å²) < 4.78 is 6.87. The van der Waals surface area contributed by atoms with Crippen LogP contribution in [-0.4, -0.2) is 56.1 Å². The number of nitrogens with zero attached hydrogens (tertiary/aromatic N) is 4. The number of benzene rings is 1. The minimum Gasteiger partial charge on any atom is -0.461 e. The second kappa shape index (κ2) is 10.2. The molecule has 2 aromatic rings. The van der Waals surface area contributed by atoms with E-state index in [0.717, 1.165) is 30.2 Å². The number of carbonyl (C=O) groups excluding carboxylic acids is 1. The van der Waals surface area contributed by atoms with Crippen LogP contribution >= 0.6 is 0 Å². The SMILES string of the molecule is CCOC(=O)/C(=N\O)c1nc2ccccc2n([C@H]2C[C@H]3CC[C@@H](C2)N3C2CC3CCCCC(C3)C2)c1=O. The molecule has 5 atom stereocenters. The molecule has 2 aliphatic heterocycles. The van der Waals surface area contributed by atoms with Crippen LogP contribution in [-0.2, 0) is 9.53 Å². The standard InChI is InChI=1S/C29H38N4O4/c1-2-37-29(35)27(31-36)26-28(34)33(25-10-6-5-9-24(25)30-26)23-16-20-11-12-21(17-23)32(20)22-14-18-7-3-4-8-19(13-18)15-22/h5-6,9-10,18-23,36H,2-4,7-8,11-17H2,1H3/b31-27-/t18?,19?,20-,21+,22?,23+. The summed E-state index contributed by atoms with van der Waals surface area (Å²) in [6.07, 6.45) is 13.9. The molecule has 2 saturated heterocycles. The van der Waals surface area contributed by atoms with Crippen LogP contribution in [0.15, 0.2) is 34.2 Å². The van der Waals surface area contributed by atoms with Crippen LogP contribution in [0.2, 0.25) is 0 Å². The summed E-state index contributed by atoms with van der Waals surface area (Å²) in [7, 11) is 0. The van der Waals surface area contributed by atoms with Crippen molar-refractivity contribution in [1.82, 2.24) is 14.5 Å². The van der Waals surface area contributed by atoms with Crippen LogP contribution in [0.3, 0.4) is 0 Å². The van der Waals surface area contributed by atoms with Gasteiger partial charge in [0.05, 0.1) is 17.6 Å². The number of hydrogen-bond donors (Lipinski definition) is 1. The molecule has 4 fully saturated rings. The number of ether oxygens (including phenoxy) is 1. The van der Waals surface area contributed by atoms with E-state index in [1.54, 1.807) is 6.92 Å². The number of aromatic nitrogens is 2. The van der Waals surface area contributed by atoms with Gasteiger partial charge in [-0.1, -0.05) is 43.0 Å². The molecular weight excluding hydrogens is 468 g/mol. The van der Waals surface area contributed by atoms with Crippen LogP contribution in [0.5, 0.6) is 0 Å². The highest BCUT2D eigenvalue weighted by Gasteiger charge is 2.47. The predicted molar refractivity (Wildman–Crippen MR) is 141 cm³/mol. The van der Waals surface area contributed by atoms with E-state index in [4.69, 9.17) is 4.74 Å². The minimum absolute atomic E-state index is 0.0147. The lowest BCUT2D eigenvalue weighted by Crippen LogP contribution is -2.52.